The highest BCUT2D eigenvalue weighted by Crippen LogP contribution is 2.32. The monoisotopic (exact) mass is 289 g/mol. The van der Waals surface area contributed by atoms with Crippen LogP contribution in [-0.2, 0) is 4.79 Å². The van der Waals surface area contributed by atoms with Crippen LogP contribution in [0.5, 0.6) is 0 Å². The van der Waals surface area contributed by atoms with Crippen molar-refractivity contribution in [1.29, 1.82) is 0 Å². The van der Waals surface area contributed by atoms with Gasteiger partial charge in [-0.1, -0.05) is 0 Å². The van der Waals surface area contributed by atoms with Gasteiger partial charge in [0.05, 0.1) is 22.3 Å². The van der Waals surface area contributed by atoms with Crippen molar-refractivity contribution in [2.45, 2.75) is 0 Å². The number of ketones is 1. The minimum Gasteiger partial charge on any atom is -0.302 e. The molecule has 16 heavy (non-hydrogen) atoms. The first-order valence-electron chi connectivity index (χ1n) is 4.47. The third-order valence-corrected chi connectivity index (χ3v) is 2.93. The van der Waals surface area contributed by atoms with E-state index in [2.05, 4.69) is 15.9 Å². The Kier molecular flexibility index (Phi) is 2.75. The quantitative estimate of drug-likeness (QED) is 0.782. The molecule has 1 aliphatic heterocycles. The smallest absolute Gasteiger partial charge is 0.299 e. The highest BCUT2D eigenvalue weighted by atomic mass is 79.9. The largest absolute Gasteiger partial charge is 0.302 e. The summed E-state index contributed by atoms with van der Waals surface area (Å²) in [6.07, 6.45) is 0. The van der Waals surface area contributed by atoms with Crippen molar-refractivity contribution in [2.75, 3.05) is 18.1 Å². The lowest BCUT2D eigenvalue weighted by molar-refractivity contribution is -0.114. The fraction of sp³-hybridized carbons (Fsp3) is 0.200. The number of fused-ring (bicyclic) bond motifs is 1. The van der Waals surface area contributed by atoms with Crippen molar-refractivity contribution in [3.05, 3.63) is 28.0 Å². The number of rotatable bonds is 2. The summed E-state index contributed by atoms with van der Waals surface area (Å²) >= 11 is 2.92. The van der Waals surface area contributed by atoms with E-state index in [0.717, 1.165) is 11.0 Å². The summed E-state index contributed by atoms with van der Waals surface area (Å²) in [5.41, 5.74) is 0.236. The highest BCUT2D eigenvalue weighted by molar-refractivity contribution is 9.10. The predicted molar refractivity (Wildman–Crippen MR) is 56.8 cm³/mol. The van der Waals surface area contributed by atoms with Crippen molar-refractivity contribution in [3.63, 3.8) is 0 Å². The highest BCUT2D eigenvalue weighted by Gasteiger charge is 2.36. The van der Waals surface area contributed by atoms with Crippen LogP contribution in [-0.4, -0.2) is 24.9 Å². The first-order valence-corrected chi connectivity index (χ1v) is 5.26. The fourth-order valence-corrected chi connectivity index (χ4v) is 1.94. The summed E-state index contributed by atoms with van der Waals surface area (Å²) in [4.78, 5) is 23.9. The van der Waals surface area contributed by atoms with Gasteiger partial charge in [0, 0.05) is 0 Å². The molecule has 6 heteroatoms. The van der Waals surface area contributed by atoms with Crippen LogP contribution in [0.15, 0.2) is 16.6 Å². The van der Waals surface area contributed by atoms with E-state index in [1.807, 2.05) is 0 Å². The zero-order chi connectivity index (χ0) is 11.9. The van der Waals surface area contributed by atoms with Crippen molar-refractivity contribution >= 4 is 33.3 Å². The summed E-state index contributed by atoms with van der Waals surface area (Å²) in [6.45, 7) is -1.02. The maximum atomic E-state index is 13.3. The van der Waals surface area contributed by atoms with Crippen molar-refractivity contribution < 1.29 is 18.4 Å². The number of amides is 1. The summed E-state index contributed by atoms with van der Waals surface area (Å²) in [6, 6.07) is 2.29. The molecule has 1 aliphatic rings. The zero-order valence-corrected chi connectivity index (χ0v) is 9.55. The van der Waals surface area contributed by atoms with Crippen LogP contribution in [0, 0.1) is 5.82 Å². The molecule has 0 aromatic heterocycles. The van der Waals surface area contributed by atoms with E-state index in [1.165, 1.54) is 6.07 Å². The Morgan fingerprint density at radius 1 is 1.31 bits per heavy atom. The van der Waals surface area contributed by atoms with E-state index in [-0.39, 0.29) is 22.3 Å². The van der Waals surface area contributed by atoms with Gasteiger partial charge >= 0.3 is 0 Å². The summed E-state index contributed by atoms with van der Waals surface area (Å²) in [7, 11) is 0. The predicted octanol–water partition coefficient (Wildman–Crippen LogP) is 2.09. The molecular weight excluding hydrogens is 284 g/mol. The molecule has 0 aliphatic carbocycles. The number of anilines is 1. The molecule has 0 bridgehead atoms. The van der Waals surface area contributed by atoms with E-state index in [9.17, 15) is 18.4 Å². The molecule has 0 unspecified atom stereocenters. The normalized spacial score (nSPS) is 14.6. The Hall–Kier alpha value is -1.30. The lowest BCUT2D eigenvalue weighted by atomic mass is 10.1. The molecule has 0 N–H and O–H groups in total. The molecule has 0 saturated carbocycles. The molecule has 84 valence electrons. The van der Waals surface area contributed by atoms with Gasteiger partial charge in [0.25, 0.3) is 11.7 Å². The second-order valence-electron chi connectivity index (χ2n) is 3.26. The van der Waals surface area contributed by atoms with Gasteiger partial charge in [-0.05, 0) is 28.1 Å². The topological polar surface area (TPSA) is 37.4 Å². The van der Waals surface area contributed by atoms with Gasteiger partial charge in [-0.2, -0.15) is 0 Å². The Balaban J connectivity index is 2.56. The summed E-state index contributed by atoms with van der Waals surface area (Å²) in [5.74, 6) is -2.14. The maximum absolute atomic E-state index is 13.3. The van der Waals surface area contributed by atoms with Crippen LogP contribution in [0.25, 0.3) is 0 Å². The molecule has 1 amide bonds. The van der Waals surface area contributed by atoms with Gasteiger partial charge in [0.15, 0.2) is 0 Å². The Labute approximate surface area is 98.2 Å². The first-order chi connectivity index (χ1) is 7.56. The molecule has 0 spiro atoms. The number of Topliss-reactive ketones (excluding diaryl/α,β-unsaturated/α-hetero) is 1. The number of hydrogen-bond donors (Lipinski definition) is 0. The third-order valence-electron chi connectivity index (χ3n) is 2.32. The van der Waals surface area contributed by atoms with Gasteiger partial charge in [-0.3, -0.25) is 9.59 Å². The van der Waals surface area contributed by atoms with Crippen LogP contribution in [0.3, 0.4) is 0 Å². The number of halogens is 3. The molecule has 2 rings (SSSR count). The van der Waals surface area contributed by atoms with E-state index >= 15 is 0 Å². The molecular formula is C10H6BrF2NO2. The Morgan fingerprint density at radius 3 is 2.62 bits per heavy atom. The summed E-state index contributed by atoms with van der Waals surface area (Å²) in [5, 5.41) is 0. The average Bonchev–Trinajstić information content (AvgIpc) is 2.46. The molecule has 1 aromatic rings. The van der Waals surface area contributed by atoms with Crippen molar-refractivity contribution in [1.82, 2.24) is 0 Å². The van der Waals surface area contributed by atoms with Crippen molar-refractivity contribution in [2.24, 2.45) is 0 Å². The van der Waals surface area contributed by atoms with Crippen LogP contribution < -0.4 is 4.90 Å². The number of alkyl halides is 1. The van der Waals surface area contributed by atoms with Gasteiger partial charge in [0.2, 0.25) is 0 Å². The van der Waals surface area contributed by atoms with Gasteiger partial charge < -0.3 is 4.90 Å². The van der Waals surface area contributed by atoms with Crippen LogP contribution in [0.2, 0.25) is 0 Å². The van der Waals surface area contributed by atoms with Crippen LogP contribution in [0.4, 0.5) is 14.5 Å². The van der Waals surface area contributed by atoms with Crippen LogP contribution >= 0.6 is 15.9 Å². The van der Waals surface area contributed by atoms with Gasteiger partial charge in [-0.15, -0.1) is 0 Å². The lowest BCUT2D eigenvalue weighted by Crippen LogP contribution is -2.31. The molecule has 0 radical (unpaired) electrons. The first kappa shape index (κ1) is 11.2. The molecule has 0 saturated heterocycles. The van der Waals surface area contributed by atoms with E-state index in [1.54, 1.807) is 0 Å². The van der Waals surface area contributed by atoms with Crippen molar-refractivity contribution in [3.8, 4) is 0 Å². The number of benzene rings is 1. The molecule has 3 nitrogen and oxygen atoms in total. The second-order valence-corrected chi connectivity index (χ2v) is 4.11. The lowest BCUT2D eigenvalue weighted by Gasteiger charge is -2.14. The number of carbonyl (C=O) groups excluding carboxylic acids is 2. The fourth-order valence-electron chi connectivity index (χ4n) is 1.60. The minimum absolute atomic E-state index is 0.103. The van der Waals surface area contributed by atoms with E-state index < -0.39 is 24.2 Å². The van der Waals surface area contributed by atoms with Crippen LogP contribution in [0.1, 0.15) is 10.4 Å². The average molecular weight is 290 g/mol. The second kappa shape index (κ2) is 3.93. The van der Waals surface area contributed by atoms with Gasteiger partial charge in [-0.25, -0.2) is 8.78 Å². The molecule has 1 heterocycles. The molecule has 1 aromatic carbocycles. The standard InChI is InChI=1S/C10H6BrF2NO2/c11-6-3-5-8(4-7(6)13)14(2-1-12)10(16)9(5)15/h3-4H,1-2H2. The SMILES string of the molecule is O=C1C(=O)N(CCF)c2cc(F)c(Br)cc21. The van der Waals surface area contributed by atoms with E-state index in [4.69, 9.17) is 0 Å². The van der Waals surface area contributed by atoms with E-state index in [0.29, 0.717) is 0 Å². The molecule has 0 atom stereocenters. The number of carbonyl (C=O) groups is 2. The number of nitrogens with zero attached hydrogens (tertiary/aromatic N) is 1. The van der Waals surface area contributed by atoms with Gasteiger partial charge in [0.1, 0.15) is 12.5 Å². The maximum Gasteiger partial charge on any atom is 0.299 e. The Morgan fingerprint density at radius 2 is 2.00 bits per heavy atom. The zero-order valence-electron chi connectivity index (χ0n) is 7.97. The third kappa shape index (κ3) is 1.53. The number of hydrogen-bond acceptors (Lipinski definition) is 2. The summed E-state index contributed by atoms with van der Waals surface area (Å²) < 4.78 is 25.6. The molecule has 0 fully saturated rings. The minimum atomic E-state index is -0.815. The Bertz CT molecular complexity index is 490.